The number of rotatable bonds is 3. The molecule has 0 aliphatic carbocycles. The third kappa shape index (κ3) is 1.99. The normalized spacial score (nSPS) is 13.3. The fourth-order valence-electron chi connectivity index (χ4n) is 1.62. The predicted octanol–water partition coefficient (Wildman–Crippen LogP) is 1.07. The molecule has 0 saturated heterocycles. The van der Waals surface area contributed by atoms with E-state index in [2.05, 4.69) is 0 Å². The molecule has 0 radical (unpaired) electrons. The highest BCUT2D eigenvalue weighted by molar-refractivity contribution is 6.34. The van der Waals surface area contributed by atoms with Crippen LogP contribution in [0.4, 0.5) is 0 Å². The van der Waals surface area contributed by atoms with E-state index in [0.717, 1.165) is 0 Å². The molecule has 1 heterocycles. The van der Waals surface area contributed by atoms with Crippen LogP contribution in [0.2, 0.25) is 5.02 Å². The first kappa shape index (κ1) is 11.9. The zero-order chi connectivity index (χ0) is 12.4. The van der Waals surface area contributed by atoms with Crippen molar-refractivity contribution in [3.63, 3.8) is 0 Å². The summed E-state index contributed by atoms with van der Waals surface area (Å²) in [5, 5.41) is 0.154. The summed E-state index contributed by atoms with van der Waals surface area (Å²) in [6.07, 6.45) is 0.576. The molecule has 2 N–H and O–H groups in total. The van der Waals surface area contributed by atoms with Crippen LogP contribution in [-0.2, 0) is 0 Å². The number of hydrogen-bond acceptors (Lipinski definition) is 5. The highest BCUT2D eigenvalue weighted by Gasteiger charge is 2.25. The zero-order valence-corrected chi connectivity index (χ0v) is 9.62. The Balaban J connectivity index is 2.66. The fourth-order valence-corrected chi connectivity index (χ4v) is 1.86. The molecule has 6 heteroatoms. The van der Waals surface area contributed by atoms with Gasteiger partial charge in [0.05, 0.1) is 22.7 Å². The summed E-state index contributed by atoms with van der Waals surface area (Å²) in [6.45, 7) is 0.467. The Morgan fingerprint density at radius 2 is 2.06 bits per heavy atom. The van der Waals surface area contributed by atoms with Crippen LogP contribution in [0, 0.1) is 0 Å². The second-order valence-electron chi connectivity index (χ2n) is 3.42. The van der Waals surface area contributed by atoms with Crippen LogP contribution in [0.1, 0.15) is 20.7 Å². The van der Waals surface area contributed by atoms with E-state index in [1.807, 2.05) is 0 Å². The van der Waals surface area contributed by atoms with E-state index in [1.165, 1.54) is 6.07 Å². The number of nitrogens with two attached hydrogens (primary N) is 1. The first-order chi connectivity index (χ1) is 8.19. The minimum absolute atomic E-state index is 0.154. The average Bonchev–Trinajstić information content (AvgIpc) is 2.37. The number of carbonyl (C=O) groups excluding carboxylic acids is 2. The number of aldehydes is 1. The zero-order valence-electron chi connectivity index (χ0n) is 8.86. The molecule has 0 spiro atoms. The summed E-state index contributed by atoms with van der Waals surface area (Å²) < 4.78 is 10.7. The van der Waals surface area contributed by atoms with Crippen LogP contribution >= 0.6 is 11.6 Å². The Kier molecular flexibility index (Phi) is 3.31. The van der Waals surface area contributed by atoms with Crippen LogP contribution in [0.3, 0.4) is 0 Å². The van der Waals surface area contributed by atoms with Gasteiger partial charge in [0.1, 0.15) is 13.2 Å². The van der Waals surface area contributed by atoms with Crippen LogP contribution in [0.5, 0.6) is 11.5 Å². The summed E-state index contributed by atoms with van der Waals surface area (Å²) in [5.74, 6) is 0.153. The van der Waals surface area contributed by atoms with Gasteiger partial charge in [-0.2, -0.15) is 0 Å². The highest BCUT2D eigenvalue weighted by atomic mass is 35.5. The maximum Gasteiger partial charge on any atom is 0.180 e. The molecule has 1 aliphatic heterocycles. The third-order valence-corrected chi connectivity index (χ3v) is 2.72. The molecule has 2 rings (SSSR count). The summed E-state index contributed by atoms with van der Waals surface area (Å²) in [6, 6.07) is 1.38. The van der Waals surface area contributed by atoms with Crippen molar-refractivity contribution in [3.8, 4) is 11.5 Å². The number of halogens is 1. The standard InChI is InChI=1S/C11H10ClNO4/c12-8-3-6(9(15)4-13)10-11(7(8)5-14)17-2-1-16-10/h3,5H,1-2,4,13H2. The Hall–Kier alpha value is -1.59. The Labute approximate surface area is 102 Å². The molecule has 0 atom stereocenters. The number of hydrogen-bond donors (Lipinski definition) is 1. The summed E-state index contributed by atoms with van der Waals surface area (Å²) >= 11 is 5.91. The van der Waals surface area contributed by atoms with Gasteiger partial charge in [0, 0.05) is 0 Å². The van der Waals surface area contributed by atoms with Gasteiger partial charge in [0.2, 0.25) is 0 Å². The van der Waals surface area contributed by atoms with Gasteiger partial charge in [0.15, 0.2) is 23.6 Å². The second kappa shape index (κ2) is 4.73. The SMILES string of the molecule is NCC(=O)c1cc(Cl)c(C=O)c2c1OCCO2. The molecule has 17 heavy (non-hydrogen) atoms. The molecule has 0 unspecified atom stereocenters. The van der Waals surface area contributed by atoms with Gasteiger partial charge in [-0.05, 0) is 6.07 Å². The number of benzene rings is 1. The topological polar surface area (TPSA) is 78.6 Å². The summed E-state index contributed by atoms with van der Waals surface area (Å²) in [7, 11) is 0. The number of ketones is 1. The van der Waals surface area contributed by atoms with E-state index in [9.17, 15) is 9.59 Å². The van der Waals surface area contributed by atoms with E-state index < -0.39 is 0 Å². The molecule has 0 bridgehead atoms. The summed E-state index contributed by atoms with van der Waals surface area (Å²) in [4.78, 5) is 22.6. The van der Waals surface area contributed by atoms with Crippen LogP contribution < -0.4 is 15.2 Å². The molecule has 1 aliphatic rings. The van der Waals surface area contributed by atoms with Crippen LogP contribution in [-0.4, -0.2) is 31.8 Å². The van der Waals surface area contributed by atoms with E-state index >= 15 is 0 Å². The van der Waals surface area contributed by atoms with Gasteiger partial charge < -0.3 is 15.2 Å². The van der Waals surface area contributed by atoms with Crippen molar-refractivity contribution in [2.24, 2.45) is 5.73 Å². The van der Waals surface area contributed by atoms with E-state index in [-0.39, 0.29) is 40.0 Å². The lowest BCUT2D eigenvalue weighted by Gasteiger charge is -2.22. The molecule has 1 aromatic rings. The van der Waals surface area contributed by atoms with Gasteiger partial charge in [-0.15, -0.1) is 0 Å². The van der Waals surface area contributed by atoms with E-state index in [0.29, 0.717) is 19.5 Å². The van der Waals surface area contributed by atoms with Crippen molar-refractivity contribution in [2.75, 3.05) is 19.8 Å². The molecule has 0 fully saturated rings. The average molecular weight is 256 g/mol. The first-order valence-corrected chi connectivity index (χ1v) is 5.37. The second-order valence-corrected chi connectivity index (χ2v) is 3.83. The van der Waals surface area contributed by atoms with Gasteiger partial charge in [0.25, 0.3) is 0 Å². The van der Waals surface area contributed by atoms with Crippen molar-refractivity contribution in [3.05, 3.63) is 22.2 Å². The molecule has 0 amide bonds. The Bertz CT molecular complexity index is 487. The summed E-state index contributed by atoms with van der Waals surface area (Å²) in [5.41, 5.74) is 5.74. The van der Waals surface area contributed by atoms with Gasteiger partial charge >= 0.3 is 0 Å². The van der Waals surface area contributed by atoms with Gasteiger partial charge in [-0.1, -0.05) is 11.6 Å². The lowest BCUT2D eigenvalue weighted by Crippen LogP contribution is -2.21. The first-order valence-electron chi connectivity index (χ1n) is 4.99. The molecule has 0 aromatic heterocycles. The molecule has 0 saturated carbocycles. The maximum atomic E-state index is 11.6. The number of Topliss-reactive ketones (excluding diaryl/α,β-unsaturated/α-hetero) is 1. The van der Waals surface area contributed by atoms with Crippen LogP contribution in [0.15, 0.2) is 6.07 Å². The number of ether oxygens (including phenoxy) is 2. The lowest BCUT2D eigenvalue weighted by atomic mass is 10.0. The van der Waals surface area contributed by atoms with Gasteiger partial charge in [-0.25, -0.2) is 0 Å². The minimum Gasteiger partial charge on any atom is -0.485 e. The molecular weight excluding hydrogens is 246 g/mol. The van der Waals surface area contributed by atoms with Crippen molar-refractivity contribution in [2.45, 2.75) is 0 Å². The smallest absolute Gasteiger partial charge is 0.180 e. The number of fused-ring (bicyclic) bond motifs is 1. The van der Waals surface area contributed by atoms with Crippen molar-refractivity contribution in [1.29, 1.82) is 0 Å². The number of carbonyl (C=O) groups is 2. The van der Waals surface area contributed by atoms with Crippen molar-refractivity contribution >= 4 is 23.7 Å². The van der Waals surface area contributed by atoms with E-state index in [1.54, 1.807) is 0 Å². The van der Waals surface area contributed by atoms with Crippen molar-refractivity contribution < 1.29 is 19.1 Å². The predicted molar refractivity (Wildman–Crippen MR) is 61.2 cm³/mol. The highest BCUT2D eigenvalue weighted by Crippen LogP contribution is 2.40. The third-order valence-electron chi connectivity index (χ3n) is 2.40. The molecular formula is C11H10ClNO4. The Morgan fingerprint density at radius 1 is 1.41 bits per heavy atom. The van der Waals surface area contributed by atoms with Gasteiger partial charge in [-0.3, -0.25) is 9.59 Å². The van der Waals surface area contributed by atoms with E-state index in [4.69, 9.17) is 26.8 Å². The Morgan fingerprint density at radius 3 is 2.65 bits per heavy atom. The minimum atomic E-state index is -0.314. The lowest BCUT2D eigenvalue weighted by molar-refractivity contribution is 0.0987. The van der Waals surface area contributed by atoms with Crippen molar-refractivity contribution in [1.82, 2.24) is 0 Å². The quantitative estimate of drug-likeness (QED) is 0.646. The molecule has 5 nitrogen and oxygen atoms in total. The maximum absolute atomic E-state index is 11.6. The fraction of sp³-hybridized carbons (Fsp3) is 0.273. The monoisotopic (exact) mass is 255 g/mol. The molecule has 1 aromatic carbocycles. The molecule has 90 valence electrons. The largest absolute Gasteiger partial charge is 0.485 e. The van der Waals surface area contributed by atoms with Crippen LogP contribution in [0.25, 0.3) is 0 Å².